The maximum Gasteiger partial charge on any atom is 0.248 e. The Morgan fingerprint density at radius 3 is 2.13 bits per heavy atom. The van der Waals surface area contributed by atoms with Gasteiger partial charge in [-0.1, -0.05) is 19.9 Å². The molecule has 0 saturated heterocycles. The Morgan fingerprint density at radius 1 is 0.968 bits per heavy atom. The highest BCUT2D eigenvalue weighted by atomic mass is 32.2. The molecule has 7 nitrogen and oxygen atoms in total. The maximum atomic E-state index is 12.8. The minimum Gasteiger partial charge on any atom is -0.493 e. The van der Waals surface area contributed by atoms with Crippen molar-refractivity contribution >= 4 is 27.7 Å². The highest BCUT2D eigenvalue weighted by molar-refractivity contribution is 7.89. The van der Waals surface area contributed by atoms with Crippen molar-refractivity contribution in [2.24, 2.45) is 0 Å². The summed E-state index contributed by atoms with van der Waals surface area (Å²) in [6, 6.07) is 11.5. The first kappa shape index (κ1) is 24.4. The molecule has 0 unspecified atom stereocenters. The number of anilines is 1. The van der Waals surface area contributed by atoms with Crippen LogP contribution in [0.15, 0.2) is 53.4 Å². The van der Waals surface area contributed by atoms with Crippen molar-refractivity contribution in [1.29, 1.82) is 0 Å². The molecule has 0 spiro atoms. The summed E-state index contributed by atoms with van der Waals surface area (Å²) >= 11 is 0. The van der Waals surface area contributed by atoms with E-state index < -0.39 is 10.0 Å². The number of benzene rings is 2. The average Bonchev–Trinajstić information content (AvgIpc) is 2.77. The lowest BCUT2D eigenvalue weighted by Gasteiger charge is -2.21. The number of methoxy groups -OCH3 is 2. The van der Waals surface area contributed by atoms with Crippen molar-refractivity contribution in [2.45, 2.75) is 31.6 Å². The number of hydrogen-bond acceptors (Lipinski definition) is 5. The summed E-state index contributed by atoms with van der Waals surface area (Å²) in [5.74, 6) is 0.849. The van der Waals surface area contributed by atoms with Crippen LogP contribution in [-0.4, -0.2) is 45.9 Å². The van der Waals surface area contributed by atoms with Gasteiger partial charge in [0.05, 0.1) is 19.1 Å². The molecule has 2 aromatic rings. The molecule has 168 valence electrons. The predicted molar refractivity (Wildman–Crippen MR) is 123 cm³/mol. The van der Waals surface area contributed by atoms with Gasteiger partial charge in [-0.2, -0.15) is 4.31 Å². The molecule has 0 atom stereocenters. The summed E-state index contributed by atoms with van der Waals surface area (Å²) in [7, 11) is -0.439. The van der Waals surface area contributed by atoms with Crippen LogP contribution < -0.4 is 14.8 Å². The molecule has 0 fully saturated rings. The Balaban J connectivity index is 2.07. The molecule has 0 radical (unpaired) electrons. The van der Waals surface area contributed by atoms with Gasteiger partial charge in [0.1, 0.15) is 0 Å². The lowest BCUT2D eigenvalue weighted by Crippen LogP contribution is -2.32. The third-order valence-electron chi connectivity index (χ3n) is 4.54. The van der Waals surface area contributed by atoms with E-state index in [0.29, 0.717) is 30.3 Å². The molecule has 31 heavy (non-hydrogen) atoms. The lowest BCUT2D eigenvalue weighted by molar-refractivity contribution is -0.111. The summed E-state index contributed by atoms with van der Waals surface area (Å²) in [6.45, 7) is 4.86. The van der Waals surface area contributed by atoms with Crippen molar-refractivity contribution in [2.75, 3.05) is 32.6 Å². The number of hydrogen-bond donors (Lipinski definition) is 1. The number of nitrogens with zero attached hydrogens (tertiary/aromatic N) is 1. The summed E-state index contributed by atoms with van der Waals surface area (Å²) in [4.78, 5) is 12.5. The Morgan fingerprint density at radius 2 is 1.58 bits per heavy atom. The number of carbonyl (C=O) groups is 1. The van der Waals surface area contributed by atoms with Crippen LogP contribution in [0.3, 0.4) is 0 Å². The van der Waals surface area contributed by atoms with Gasteiger partial charge >= 0.3 is 0 Å². The van der Waals surface area contributed by atoms with Crippen LogP contribution in [0.1, 0.15) is 32.3 Å². The summed E-state index contributed by atoms with van der Waals surface area (Å²) in [5.41, 5.74) is 1.29. The molecular formula is C23H30N2O5S. The minimum atomic E-state index is -3.54. The Bertz CT molecular complexity index is 995. The summed E-state index contributed by atoms with van der Waals surface area (Å²) < 4.78 is 37.6. The van der Waals surface area contributed by atoms with E-state index in [2.05, 4.69) is 5.32 Å². The van der Waals surface area contributed by atoms with Crippen LogP contribution >= 0.6 is 0 Å². The molecule has 0 aliphatic heterocycles. The van der Waals surface area contributed by atoms with Crippen LogP contribution in [0.4, 0.5) is 5.69 Å². The van der Waals surface area contributed by atoms with E-state index in [1.165, 1.54) is 22.5 Å². The van der Waals surface area contributed by atoms with Crippen LogP contribution in [0.2, 0.25) is 0 Å². The molecule has 0 aliphatic carbocycles. The summed E-state index contributed by atoms with van der Waals surface area (Å²) in [5, 5.41) is 2.73. The zero-order valence-electron chi connectivity index (χ0n) is 18.4. The quantitative estimate of drug-likeness (QED) is 0.524. The van der Waals surface area contributed by atoms with Gasteiger partial charge in [-0.15, -0.1) is 0 Å². The molecule has 1 amide bonds. The predicted octanol–water partition coefficient (Wildman–Crippen LogP) is 4.17. The second-order valence-corrected chi connectivity index (χ2v) is 8.80. The number of rotatable bonds is 11. The van der Waals surface area contributed by atoms with Gasteiger partial charge in [0.25, 0.3) is 0 Å². The molecule has 0 aliphatic rings. The third-order valence-corrected chi connectivity index (χ3v) is 6.45. The first-order valence-corrected chi connectivity index (χ1v) is 11.6. The zero-order chi connectivity index (χ0) is 22.9. The highest BCUT2D eigenvalue weighted by Gasteiger charge is 2.22. The Labute approximate surface area is 184 Å². The van der Waals surface area contributed by atoms with Crippen LogP contribution in [0.5, 0.6) is 11.5 Å². The molecule has 8 heteroatoms. The molecule has 2 rings (SSSR count). The van der Waals surface area contributed by atoms with E-state index in [9.17, 15) is 13.2 Å². The van der Waals surface area contributed by atoms with E-state index in [1.54, 1.807) is 44.6 Å². The SMILES string of the molecule is CCCN(CCC)S(=O)(=O)c1ccc(NC(=O)C=Cc2ccc(OC)c(OC)c2)cc1. The molecule has 0 heterocycles. The minimum absolute atomic E-state index is 0.216. The summed E-state index contributed by atoms with van der Waals surface area (Å²) in [6.07, 6.45) is 4.55. The van der Waals surface area contributed by atoms with Gasteiger partial charge < -0.3 is 14.8 Å². The van der Waals surface area contributed by atoms with Crippen molar-refractivity contribution in [1.82, 2.24) is 4.31 Å². The standard InChI is InChI=1S/C23H30N2O5S/c1-5-15-25(16-6-2)31(27,28)20-11-9-19(10-12-20)24-23(26)14-8-18-7-13-21(29-3)22(17-18)30-4/h7-14,17H,5-6,15-16H2,1-4H3,(H,24,26). The fourth-order valence-corrected chi connectivity index (χ4v) is 4.65. The highest BCUT2D eigenvalue weighted by Crippen LogP contribution is 2.28. The second-order valence-electron chi connectivity index (χ2n) is 6.87. The van der Waals surface area contributed by atoms with Crippen molar-refractivity contribution in [3.05, 3.63) is 54.1 Å². The fourth-order valence-electron chi connectivity index (χ4n) is 3.02. The largest absolute Gasteiger partial charge is 0.493 e. The molecule has 0 bridgehead atoms. The Kier molecular flexibility index (Phi) is 9.08. The van der Waals surface area contributed by atoms with Crippen molar-refractivity contribution < 1.29 is 22.7 Å². The van der Waals surface area contributed by atoms with Crippen LogP contribution in [0, 0.1) is 0 Å². The topological polar surface area (TPSA) is 84.9 Å². The zero-order valence-corrected chi connectivity index (χ0v) is 19.2. The van der Waals surface area contributed by atoms with Crippen molar-refractivity contribution in [3.63, 3.8) is 0 Å². The number of amides is 1. The maximum absolute atomic E-state index is 12.8. The van der Waals surface area contributed by atoms with Gasteiger partial charge in [-0.05, 0) is 60.9 Å². The van der Waals surface area contributed by atoms with Gasteiger partial charge in [0.15, 0.2) is 11.5 Å². The van der Waals surface area contributed by atoms with E-state index in [0.717, 1.165) is 18.4 Å². The number of ether oxygens (including phenoxy) is 2. The number of nitrogens with one attached hydrogen (secondary N) is 1. The van der Waals surface area contributed by atoms with E-state index in [4.69, 9.17) is 9.47 Å². The molecule has 2 aromatic carbocycles. The molecule has 0 saturated carbocycles. The van der Waals surface area contributed by atoms with Gasteiger partial charge in [-0.25, -0.2) is 8.42 Å². The third kappa shape index (κ3) is 6.57. The van der Waals surface area contributed by atoms with E-state index in [-0.39, 0.29) is 10.8 Å². The van der Waals surface area contributed by atoms with E-state index in [1.807, 2.05) is 19.9 Å². The molecule has 0 aromatic heterocycles. The molecular weight excluding hydrogens is 416 g/mol. The van der Waals surface area contributed by atoms with E-state index >= 15 is 0 Å². The average molecular weight is 447 g/mol. The fraction of sp³-hybridized carbons (Fsp3) is 0.348. The lowest BCUT2D eigenvalue weighted by atomic mass is 10.2. The van der Waals surface area contributed by atoms with Gasteiger partial charge in [0, 0.05) is 24.9 Å². The second kappa shape index (κ2) is 11.5. The Hall–Kier alpha value is -2.84. The van der Waals surface area contributed by atoms with Gasteiger partial charge in [-0.3, -0.25) is 4.79 Å². The first-order chi connectivity index (χ1) is 14.8. The van der Waals surface area contributed by atoms with Gasteiger partial charge in [0.2, 0.25) is 15.9 Å². The first-order valence-electron chi connectivity index (χ1n) is 10.2. The monoisotopic (exact) mass is 446 g/mol. The number of sulfonamides is 1. The van der Waals surface area contributed by atoms with Crippen LogP contribution in [0.25, 0.3) is 6.08 Å². The van der Waals surface area contributed by atoms with Crippen molar-refractivity contribution in [3.8, 4) is 11.5 Å². The number of carbonyl (C=O) groups excluding carboxylic acids is 1. The molecule has 1 N–H and O–H groups in total. The smallest absolute Gasteiger partial charge is 0.248 e. The van der Waals surface area contributed by atoms with Crippen LogP contribution in [-0.2, 0) is 14.8 Å². The normalized spacial score (nSPS) is 11.6.